The van der Waals surface area contributed by atoms with E-state index in [0.717, 1.165) is 84.2 Å². The molecular weight excluding hydrogens is 659 g/mol. The summed E-state index contributed by atoms with van der Waals surface area (Å²) in [5, 5.41) is 0. The van der Waals surface area contributed by atoms with Gasteiger partial charge in [-0.3, -0.25) is 9.97 Å². The first-order valence-electron chi connectivity index (χ1n) is 17.9. The third kappa shape index (κ3) is 6.58. The SMILES string of the molecule is c1ccc(-c2cc(-c3ccccn3)nc(-c3ncccc3-c3ccccc3-c3ccccc3-c3cc(-c4ccccc4)nc(-c4ccccc4)n3)c2)cc1. The van der Waals surface area contributed by atoms with Gasteiger partial charge in [0.15, 0.2) is 5.82 Å². The van der Waals surface area contributed by atoms with Gasteiger partial charge in [-0.15, -0.1) is 0 Å². The summed E-state index contributed by atoms with van der Waals surface area (Å²) in [6.07, 6.45) is 3.64. The molecule has 9 aromatic rings. The Morgan fingerprint density at radius 2 is 0.778 bits per heavy atom. The summed E-state index contributed by atoms with van der Waals surface area (Å²) >= 11 is 0. The van der Waals surface area contributed by atoms with Crippen LogP contribution in [0.4, 0.5) is 0 Å². The zero-order valence-corrected chi connectivity index (χ0v) is 29.3. The summed E-state index contributed by atoms with van der Waals surface area (Å²) < 4.78 is 0. The van der Waals surface area contributed by atoms with Gasteiger partial charge in [0.05, 0.1) is 34.2 Å². The standard InChI is InChI=1S/C49H33N5/c1-4-17-34(18-5-1)37-31-46(43-28-14-15-29-50-43)52-47(32-37)48-42(27-16-30-51-48)40-25-11-10-23-38(40)39-24-12-13-26-41(39)45-33-44(35-19-6-2-7-20-35)53-49(54-45)36-21-8-3-9-22-36/h1-33H. The first-order valence-corrected chi connectivity index (χ1v) is 17.9. The highest BCUT2D eigenvalue weighted by molar-refractivity contribution is 5.95. The van der Waals surface area contributed by atoms with Crippen LogP contribution in [-0.4, -0.2) is 24.9 Å². The smallest absolute Gasteiger partial charge is 0.160 e. The lowest BCUT2D eigenvalue weighted by molar-refractivity contribution is 1.18. The lowest BCUT2D eigenvalue weighted by atomic mass is 9.89. The maximum atomic E-state index is 5.19. The Labute approximate surface area is 314 Å². The van der Waals surface area contributed by atoms with Crippen LogP contribution < -0.4 is 0 Å². The van der Waals surface area contributed by atoms with Gasteiger partial charge in [-0.1, -0.05) is 152 Å². The van der Waals surface area contributed by atoms with Gasteiger partial charge in [0.25, 0.3) is 0 Å². The summed E-state index contributed by atoms with van der Waals surface area (Å²) in [5.74, 6) is 0.678. The molecule has 0 bridgehead atoms. The molecule has 0 radical (unpaired) electrons. The summed E-state index contributed by atoms with van der Waals surface area (Å²) in [7, 11) is 0. The average molecular weight is 692 g/mol. The first kappa shape index (κ1) is 32.5. The van der Waals surface area contributed by atoms with Crippen molar-refractivity contribution in [1.82, 2.24) is 24.9 Å². The molecule has 0 aliphatic heterocycles. The molecule has 0 amide bonds. The number of benzene rings is 5. The van der Waals surface area contributed by atoms with Crippen LogP contribution >= 0.6 is 0 Å². The molecule has 9 rings (SSSR count). The fraction of sp³-hybridized carbons (Fsp3) is 0. The van der Waals surface area contributed by atoms with E-state index in [9.17, 15) is 0 Å². The molecule has 0 saturated heterocycles. The average Bonchev–Trinajstić information content (AvgIpc) is 3.27. The summed E-state index contributed by atoms with van der Waals surface area (Å²) in [5.41, 5.74) is 14.1. The second-order valence-electron chi connectivity index (χ2n) is 12.9. The lowest BCUT2D eigenvalue weighted by Gasteiger charge is -2.17. The third-order valence-electron chi connectivity index (χ3n) is 9.45. The van der Waals surface area contributed by atoms with Crippen LogP contribution in [0.5, 0.6) is 0 Å². The van der Waals surface area contributed by atoms with Gasteiger partial charge in [0.1, 0.15) is 0 Å². The van der Waals surface area contributed by atoms with Crippen LogP contribution in [-0.2, 0) is 0 Å². The largest absolute Gasteiger partial charge is 0.255 e. The van der Waals surface area contributed by atoms with Gasteiger partial charge in [-0.25, -0.2) is 15.0 Å². The molecule has 0 saturated carbocycles. The highest BCUT2D eigenvalue weighted by Crippen LogP contribution is 2.42. The molecule has 0 unspecified atom stereocenters. The monoisotopic (exact) mass is 691 g/mol. The van der Waals surface area contributed by atoms with E-state index in [-0.39, 0.29) is 0 Å². The Balaban J connectivity index is 1.22. The van der Waals surface area contributed by atoms with Crippen LogP contribution in [0.2, 0.25) is 0 Å². The minimum atomic E-state index is 0.678. The van der Waals surface area contributed by atoms with Crippen LogP contribution in [0.1, 0.15) is 0 Å². The van der Waals surface area contributed by atoms with E-state index in [4.69, 9.17) is 19.9 Å². The third-order valence-corrected chi connectivity index (χ3v) is 9.45. The van der Waals surface area contributed by atoms with Crippen molar-refractivity contribution in [2.75, 3.05) is 0 Å². The topological polar surface area (TPSA) is 64.5 Å². The summed E-state index contributed by atoms with van der Waals surface area (Å²) in [6.45, 7) is 0. The number of pyridine rings is 3. The Bertz CT molecular complexity index is 2390. The summed E-state index contributed by atoms with van der Waals surface area (Å²) in [4.78, 5) is 25.1. The van der Waals surface area contributed by atoms with Gasteiger partial charge in [-0.2, -0.15) is 0 Å². The van der Waals surface area contributed by atoms with Crippen LogP contribution in [0, 0.1) is 0 Å². The predicted molar refractivity (Wildman–Crippen MR) is 219 cm³/mol. The van der Waals surface area contributed by atoms with Gasteiger partial charge in [-0.05, 0) is 64.2 Å². The number of nitrogens with zero attached hydrogens (tertiary/aromatic N) is 5. The second kappa shape index (κ2) is 14.7. The normalized spacial score (nSPS) is 11.0. The Morgan fingerprint density at radius 3 is 1.46 bits per heavy atom. The molecule has 0 aliphatic rings. The molecule has 0 aliphatic carbocycles. The van der Waals surface area contributed by atoms with E-state index in [1.54, 1.807) is 6.20 Å². The number of hydrogen-bond donors (Lipinski definition) is 0. The second-order valence-corrected chi connectivity index (χ2v) is 12.9. The molecule has 4 aromatic heterocycles. The molecular formula is C49H33N5. The van der Waals surface area contributed by atoms with Gasteiger partial charge >= 0.3 is 0 Å². The molecule has 5 aromatic carbocycles. The minimum absolute atomic E-state index is 0.678. The zero-order valence-electron chi connectivity index (χ0n) is 29.3. The molecule has 0 spiro atoms. The van der Waals surface area contributed by atoms with Gasteiger partial charge < -0.3 is 0 Å². The molecule has 0 N–H and O–H groups in total. The molecule has 254 valence electrons. The fourth-order valence-corrected chi connectivity index (χ4v) is 6.87. The van der Waals surface area contributed by atoms with Crippen molar-refractivity contribution in [3.05, 3.63) is 200 Å². The Hall–Kier alpha value is -7.37. The maximum absolute atomic E-state index is 5.19. The van der Waals surface area contributed by atoms with Crippen molar-refractivity contribution in [2.24, 2.45) is 0 Å². The molecule has 4 heterocycles. The maximum Gasteiger partial charge on any atom is 0.160 e. The number of aromatic nitrogens is 5. The molecule has 54 heavy (non-hydrogen) atoms. The lowest BCUT2D eigenvalue weighted by Crippen LogP contribution is -1.98. The van der Waals surface area contributed by atoms with Crippen molar-refractivity contribution in [1.29, 1.82) is 0 Å². The van der Waals surface area contributed by atoms with E-state index in [1.165, 1.54) is 0 Å². The Kier molecular flexibility index (Phi) is 8.86. The van der Waals surface area contributed by atoms with Gasteiger partial charge in [0, 0.05) is 34.6 Å². The molecule has 5 nitrogen and oxygen atoms in total. The van der Waals surface area contributed by atoms with Crippen molar-refractivity contribution >= 4 is 0 Å². The Morgan fingerprint density at radius 1 is 0.259 bits per heavy atom. The number of hydrogen-bond acceptors (Lipinski definition) is 5. The quantitative estimate of drug-likeness (QED) is 0.159. The van der Waals surface area contributed by atoms with Gasteiger partial charge in [0.2, 0.25) is 0 Å². The molecule has 0 fully saturated rings. The van der Waals surface area contributed by atoms with E-state index in [2.05, 4.69) is 126 Å². The van der Waals surface area contributed by atoms with Crippen molar-refractivity contribution in [2.45, 2.75) is 0 Å². The zero-order chi connectivity index (χ0) is 36.1. The van der Waals surface area contributed by atoms with Crippen molar-refractivity contribution in [3.63, 3.8) is 0 Å². The van der Waals surface area contributed by atoms with E-state index < -0.39 is 0 Å². The molecule has 5 heteroatoms. The van der Waals surface area contributed by atoms with E-state index >= 15 is 0 Å². The molecule has 0 atom stereocenters. The highest BCUT2D eigenvalue weighted by atomic mass is 14.9. The summed E-state index contributed by atoms with van der Waals surface area (Å²) in [6, 6.07) is 64.1. The highest BCUT2D eigenvalue weighted by Gasteiger charge is 2.20. The van der Waals surface area contributed by atoms with E-state index in [1.807, 2.05) is 72.9 Å². The van der Waals surface area contributed by atoms with E-state index in [0.29, 0.717) is 5.82 Å². The minimum Gasteiger partial charge on any atom is -0.255 e. The fourth-order valence-electron chi connectivity index (χ4n) is 6.87. The van der Waals surface area contributed by atoms with Crippen LogP contribution in [0.15, 0.2) is 200 Å². The van der Waals surface area contributed by atoms with Crippen molar-refractivity contribution in [3.8, 4) is 90.1 Å². The predicted octanol–water partition coefficient (Wildman–Crippen LogP) is 12.0. The van der Waals surface area contributed by atoms with Crippen LogP contribution in [0.25, 0.3) is 90.1 Å². The van der Waals surface area contributed by atoms with Crippen molar-refractivity contribution < 1.29 is 0 Å². The van der Waals surface area contributed by atoms with Crippen LogP contribution in [0.3, 0.4) is 0 Å². The first-order chi connectivity index (χ1) is 26.8. The number of rotatable bonds is 8.